The number of ether oxygens (including phenoxy) is 10. The van der Waals surface area contributed by atoms with Crippen molar-refractivity contribution in [3.63, 3.8) is 0 Å². The Morgan fingerprint density at radius 3 is 2.02 bits per heavy atom. The van der Waals surface area contributed by atoms with Crippen LogP contribution in [0.15, 0.2) is 58.4 Å². The average Bonchev–Trinajstić information content (AvgIpc) is 1.34. The third kappa shape index (κ3) is 11.9. The summed E-state index contributed by atoms with van der Waals surface area (Å²) in [4.78, 5) is 72.0. The van der Waals surface area contributed by atoms with Crippen molar-refractivity contribution >= 4 is 24.0 Å². The maximum absolute atomic E-state index is 15.5. The quantitative estimate of drug-likeness (QED) is 0.0380. The topological polar surface area (TPSA) is 306 Å². The number of aldehydes is 1. The number of fused-ring (bicyclic) bond motifs is 4. The average molecular weight is 1190 g/mol. The van der Waals surface area contributed by atoms with Gasteiger partial charge in [-0.05, 0) is 89.2 Å². The number of carbonyl (C=O) groups is 4. The Morgan fingerprint density at radius 1 is 0.774 bits per heavy atom. The molecule has 1 saturated carbocycles. The lowest BCUT2D eigenvalue weighted by molar-refractivity contribution is -0.587. The first-order valence-corrected chi connectivity index (χ1v) is 29.9. The normalized spacial score (nSPS) is 47.2. The minimum atomic E-state index is -1.87. The third-order valence-electron chi connectivity index (χ3n) is 20.0. The predicted molar refractivity (Wildman–Crippen MR) is 296 cm³/mol. The zero-order chi connectivity index (χ0) is 61.2. The Hall–Kier alpha value is -4.34. The monoisotopic (exact) mass is 1180 g/mol. The number of esters is 1. The highest BCUT2D eigenvalue weighted by molar-refractivity contribution is 6.26. The summed E-state index contributed by atoms with van der Waals surface area (Å²) in [5.41, 5.74) is -1.18. The Morgan fingerprint density at radius 2 is 1.39 bits per heavy atom. The maximum Gasteiger partial charge on any atom is 0.346 e. The molecule has 0 amide bonds. The Balaban J connectivity index is 1.01. The van der Waals surface area contributed by atoms with E-state index in [0.29, 0.717) is 23.9 Å². The second kappa shape index (κ2) is 25.0. The van der Waals surface area contributed by atoms with Crippen molar-refractivity contribution in [3.05, 3.63) is 68.5 Å². The van der Waals surface area contributed by atoms with E-state index in [1.807, 2.05) is 26.0 Å². The molecule has 84 heavy (non-hydrogen) atoms. The molecule has 5 N–H and O–H groups in total. The molecule has 0 radical (unpaired) electrons. The van der Waals surface area contributed by atoms with Crippen molar-refractivity contribution < 1.29 is 96.7 Å². The number of rotatable bonds is 13. The molecular weight excluding hydrogens is 1100 g/mol. The van der Waals surface area contributed by atoms with E-state index in [4.69, 9.17) is 52.2 Å². The summed E-state index contributed by atoms with van der Waals surface area (Å²) in [5.74, 6) is -6.09. The SMILES string of the molecule is COC1C(O)CC(OC2C(O)CC(OC3CC(OC4C(C)CC(C)C5C4C=CC4C(C)=CCC(OC6CC(C)([N+](=O)[O-])C(NOC(C)=O)C(C)O6)C(C)=CC6C=C(C=O)C(C)CC67OC(=O)C(=C(O)C45C)C7=O)OC(C)C3O)OC2C)OC1C. The van der Waals surface area contributed by atoms with Gasteiger partial charge in [-0.25, -0.2) is 4.79 Å². The van der Waals surface area contributed by atoms with E-state index in [1.54, 1.807) is 53.7 Å². The second-order valence-electron chi connectivity index (χ2n) is 25.9. The van der Waals surface area contributed by atoms with E-state index in [9.17, 15) is 44.9 Å². The molecule has 2 bridgehead atoms. The van der Waals surface area contributed by atoms with E-state index in [2.05, 4.69) is 25.4 Å². The molecule has 5 saturated heterocycles. The van der Waals surface area contributed by atoms with Gasteiger partial charge in [-0.3, -0.25) is 24.5 Å². The van der Waals surface area contributed by atoms with Crippen molar-refractivity contribution in [2.24, 2.45) is 46.8 Å². The van der Waals surface area contributed by atoms with Crippen LogP contribution >= 0.6 is 0 Å². The Bertz CT molecular complexity index is 2630. The van der Waals surface area contributed by atoms with E-state index >= 15 is 4.79 Å². The van der Waals surface area contributed by atoms with Crippen LogP contribution in [0, 0.1) is 57.0 Å². The molecule has 27 unspecified atom stereocenters. The van der Waals surface area contributed by atoms with Gasteiger partial charge < -0.3 is 72.6 Å². The molecular formula is C61H88N2O21. The van der Waals surface area contributed by atoms with Crippen LogP contribution in [-0.2, 0) is 71.4 Å². The molecule has 0 aromatic rings. The molecule has 0 aromatic carbocycles. The number of hydrogen-bond donors (Lipinski definition) is 5. The van der Waals surface area contributed by atoms with E-state index in [-0.39, 0.29) is 50.4 Å². The van der Waals surface area contributed by atoms with Gasteiger partial charge in [-0.15, -0.1) is 5.48 Å². The van der Waals surface area contributed by atoms with Gasteiger partial charge in [0.2, 0.25) is 11.3 Å². The largest absolute Gasteiger partial charge is 0.511 e. The van der Waals surface area contributed by atoms with Gasteiger partial charge in [-0.2, -0.15) is 0 Å². The van der Waals surface area contributed by atoms with Crippen molar-refractivity contribution in [2.75, 3.05) is 7.11 Å². The number of hydroxylamine groups is 1. The number of aliphatic hydroxyl groups excluding tert-OH is 4. The van der Waals surface area contributed by atoms with Crippen LogP contribution in [0.1, 0.15) is 128 Å². The lowest BCUT2D eigenvalue weighted by atomic mass is 9.49. The number of nitrogens with one attached hydrogen (secondary N) is 1. The van der Waals surface area contributed by atoms with Gasteiger partial charge in [-0.1, -0.05) is 63.6 Å². The lowest BCUT2D eigenvalue weighted by Crippen LogP contribution is -2.65. The van der Waals surface area contributed by atoms with Crippen LogP contribution in [0.4, 0.5) is 0 Å². The van der Waals surface area contributed by atoms with Crippen LogP contribution in [0.5, 0.6) is 0 Å². The summed E-state index contributed by atoms with van der Waals surface area (Å²) in [6.07, 6.45) is -2.34. The Labute approximate surface area is 490 Å². The van der Waals surface area contributed by atoms with Crippen molar-refractivity contribution in [2.45, 2.75) is 244 Å². The first kappa shape index (κ1) is 64.1. The van der Waals surface area contributed by atoms with Crippen LogP contribution in [0.25, 0.3) is 0 Å². The van der Waals surface area contributed by atoms with Crippen LogP contribution in [-0.4, -0.2) is 172 Å². The number of hydrogen-bond acceptors (Lipinski definition) is 22. The third-order valence-corrected chi connectivity index (χ3v) is 20.0. The predicted octanol–water partition coefficient (Wildman–Crippen LogP) is 5.49. The number of methoxy groups -OCH3 is 1. The summed E-state index contributed by atoms with van der Waals surface area (Å²) in [6.45, 7) is 21.0. The van der Waals surface area contributed by atoms with Crippen LogP contribution < -0.4 is 5.48 Å². The molecule has 0 aromatic heterocycles. The van der Waals surface area contributed by atoms with Gasteiger partial charge >= 0.3 is 11.9 Å². The number of nitrogens with zero attached hydrogens (tertiary/aromatic N) is 1. The number of nitro groups is 1. The highest BCUT2D eigenvalue weighted by Gasteiger charge is 2.64. The fourth-order valence-electron chi connectivity index (χ4n) is 15.6. The number of ketones is 1. The van der Waals surface area contributed by atoms with Crippen molar-refractivity contribution in [1.29, 1.82) is 0 Å². The van der Waals surface area contributed by atoms with Gasteiger partial charge in [0.05, 0.1) is 61.4 Å². The summed E-state index contributed by atoms with van der Waals surface area (Å²) in [6, 6.07) is -1.05. The standard InChI is InChI=1S/C61H88N2O21/c1-27-14-17-43(79-48-25-59(11,63(72)73)55(35(9)78-48)62-84-36(10)65)28(2)19-38-20-37(26-64)31(5)24-61(38)57(70)49(58(71)83-61)56(69)60(12)40(27)16-15-39-50(60)29(3)18-30(4)52(39)81-47-23-44(51(68)32(6)75-47)80-45-22-42(67)54(34(8)77-45)82-46-21-41(66)53(74-13)33(7)76-46/h14-16,19-20,26,29-35,38-48,50-55,62,66-69H,17-18,21-25H2,1-13H3. The molecule has 23 heteroatoms. The number of aliphatic hydroxyl groups is 4. The van der Waals surface area contributed by atoms with Gasteiger partial charge in [0.15, 0.2) is 30.8 Å². The van der Waals surface area contributed by atoms with E-state index < -0.39 is 185 Å². The maximum atomic E-state index is 15.5. The first-order chi connectivity index (χ1) is 39.6. The van der Waals surface area contributed by atoms with Crippen molar-refractivity contribution in [1.82, 2.24) is 5.48 Å². The van der Waals surface area contributed by atoms with Gasteiger partial charge in [0.25, 0.3) is 0 Å². The van der Waals surface area contributed by atoms with Gasteiger partial charge in [0.1, 0.15) is 42.0 Å². The second-order valence-corrected chi connectivity index (χ2v) is 25.9. The summed E-state index contributed by atoms with van der Waals surface area (Å²) in [5, 5.41) is 59.7. The Kier molecular flexibility index (Phi) is 19.1. The molecule has 1 spiro atoms. The molecule has 27 atom stereocenters. The molecule has 9 rings (SSSR count). The van der Waals surface area contributed by atoms with Crippen LogP contribution in [0.2, 0.25) is 0 Å². The smallest absolute Gasteiger partial charge is 0.346 e. The summed E-state index contributed by atoms with van der Waals surface area (Å²) >= 11 is 0. The first-order valence-electron chi connectivity index (χ1n) is 29.9. The molecule has 23 nitrogen and oxygen atoms in total. The molecule has 9 aliphatic rings. The van der Waals surface area contributed by atoms with Crippen molar-refractivity contribution in [3.8, 4) is 0 Å². The fourth-order valence-corrected chi connectivity index (χ4v) is 15.6. The number of allylic oxidation sites excluding steroid dienone is 4. The highest BCUT2D eigenvalue weighted by atomic mass is 16.7. The summed E-state index contributed by atoms with van der Waals surface area (Å²) < 4.78 is 63.1. The molecule has 468 valence electrons. The van der Waals surface area contributed by atoms with E-state index in [0.717, 1.165) is 5.57 Å². The summed E-state index contributed by atoms with van der Waals surface area (Å²) in [7, 11) is 1.50. The zero-order valence-corrected chi connectivity index (χ0v) is 50.4. The number of carbonyl (C=O) groups excluding carboxylic acids is 4. The zero-order valence-electron chi connectivity index (χ0n) is 50.4. The number of Topliss-reactive ketones (excluding diaryl/α,β-unsaturated/α-hetero) is 1. The molecule has 5 heterocycles. The lowest BCUT2D eigenvalue weighted by Gasteiger charge is -2.56. The minimum absolute atomic E-state index is 0.0104. The molecule has 4 aliphatic carbocycles. The van der Waals surface area contributed by atoms with Crippen LogP contribution in [0.3, 0.4) is 0 Å². The highest BCUT2D eigenvalue weighted by Crippen LogP contribution is 2.61. The molecule has 6 fully saturated rings. The van der Waals surface area contributed by atoms with Gasteiger partial charge in [0, 0.05) is 74.7 Å². The minimum Gasteiger partial charge on any atom is -0.511 e. The van der Waals surface area contributed by atoms with E-state index in [1.165, 1.54) is 21.0 Å². The fraction of sp³-hybridized carbons (Fsp3) is 0.770. The molecule has 5 aliphatic heterocycles.